The molecule has 0 spiro atoms. The number of nitrogens with one attached hydrogen (secondary N) is 1. The Bertz CT molecular complexity index is 1010. The predicted octanol–water partition coefficient (Wildman–Crippen LogP) is 2.49. The van der Waals surface area contributed by atoms with Crippen LogP contribution in [0.2, 0.25) is 0 Å². The highest BCUT2D eigenvalue weighted by molar-refractivity contribution is 9.10. The summed E-state index contributed by atoms with van der Waals surface area (Å²) in [5.41, 5.74) is 0.548. The quantitative estimate of drug-likeness (QED) is 0.635. The molecule has 1 saturated carbocycles. The Kier molecular flexibility index (Phi) is 4.79. The highest BCUT2D eigenvalue weighted by Gasteiger charge is 2.26. The number of aliphatic hydroxyl groups excluding tert-OH is 1. The van der Waals surface area contributed by atoms with Crippen LogP contribution >= 0.6 is 15.9 Å². The van der Waals surface area contributed by atoms with Gasteiger partial charge in [-0.2, -0.15) is 0 Å². The van der Waals surface area contributed by atoms with Gasteiger partial charge in [0.25, 0.3) is 0 Å². The third-order valence-corrected chi connectivity index (χ3v) is 5.11. The molecule has 1 aliphatic carbocycles. The van der Waals surface area contributed by atoms with Gasteiger partial charge in [-0.05, 0) is 70.1 Å². The van der Waals surface area contributed by atoms with Crippen molar-refractivity contribution in [2.24, 2.45) is 0 Å². The minimum absolute atomic E-state index is 0.0816. The number of rotatable bonds is 4. The first-order valence-electron chi connectivity index (χ1n) is 8.34. The number of benzene rings is 1. The Hall–Kier alpha value is -2.53. The Balaban J connectivity index is 1.68. The lowest BCUT2D eigenvalue weighted by atomic mass is 9.93. The molecule has 2 heterocycles. The van der Waals surface area contributed by atoms with Gasteiger partial charge in [-0.1, -0.05) is 5.16 Å². The zero-order valence-electron chi connectivity index (χ0n) is 13.9. The van der Waals surface area contributed by atoms with Crippen molar-refractivity contribution >= 4 is 21.7 Å². The molecule has 1 fully saturated rings. The molecule has 1 aliphatic rings. The standard InChI is InChI=1S/C16H15BrFN5O4/c17-11-7-9(3-6-12(11)18)23-15(22-26-16(23)25)13-14(21-27-20-13)19-8-1-4-10(24)5-2-8/h3,6-8,10,24H,1-2,4-5H2,(H,19,21). The number of aliphatic hydroxyl groups is 1. The van der Waals surface area contributed by atoms with Gasteiger partial charge in [-0.15, -0.1) is 0 Å². The number of halogens is 2. The summed E-state index contributed by atoms with van der Waals surface area (Å²) >= 11 is 3.09. The first kappa shape index (κ1) is 17.9. The third-order valence-electron chi connectivity index (χ3n) is 4.50. The zero-order chi connectivity index (χ0) is 19.0. The normalized spacial score (nSPS) is 20.0. The van der Waals surface area contributed by atoms with Gasteiger partial charge in [0.1, 0.15) is 5.82 Å². The highest BCUT2D eigenvalue weighted by Crippen LogP contribution is 2.28. The van der Waals surface area contributed by atoms with Crippen molar-refractivity contribution in [3.8, 4) is 17.2 Å². The minimum Gasteiger partial charge on any atom is -0.393 e. The number of hydrogen-bond donors (Lipinski definition) is 2. The number of hydrogen-bond acceptors (Lipinski definition) is 8. The average Bonchev–Trinajstić information content (AvgIpc) is 3.25. The van der Waals surface area contributed by atoms with Crippen LogP contribution in [-0.2, 0) is 0 Å². The molecule has 142 valence electrons. The smallest absolute Gasteiger partial charge is 0.393 e. The Labute approximate surface area is 160 Å². The Morgan fingerprint density at radius 1 is 1.22 bits per heavy atom. The molecule has 9 nitrogen and oxygen atoms in total. The molecule has 0 unspecified atom stereocenters. The fourth-order valence-electron chi connectivity index (χ4n) is 3.09. The molecule has 0 radical (unpaired) electrons. The lowest BCUT2D eigenvalue weighted by Gasteiger charge is -2.25. The fourth-order valence-corrected chi connectivity index (χ4v) is 3.46. The van der Waals surface area contributed by atoms with Crippen LogP contribution in [-0.4, -0.2) is 37.3 Å². The van der Waals surface area contributed by atoms with E-state index in [4.69, 9.17) is 9.15 Å². The van der Waals surface area contributed by atoms with E-state index in [-0.39, 0.29) is 28.1 Å². The van der Waals surface area contributed by atoms with Gasteiger partial charge in [0.15, 0.2) is 5.69 Å². The zero-order valence-corrected chi connectivity index (χ0v) is 15.5. The maximum absolute atomic E-state index is 13.5. The lowest BCUT2D eigenvalue weighted by molar-refractivity contribution is 0.126. The number of nitrogens with zero attached hydrogens (tertiary/aromatic N) is 4. The van der Waals surface area contributed by atoms with Gasteiger partial charge in [0.2, 0.25) is 11.6 Å². The molecule has 3 aromatic rings. The van der Waals surface area contributed by atoms with Crippen molar-refractivity contribution in [3.63, 3.8) is 0 Å². The second-order valence-electron chi connectivity index (χ2n) is 6.32. The van der Waals surface area contributed by atoms with Crippen LogP contribution < -0.4 is 11.1 Å². The van der Waals surface area contributed by atoms with Crippen LogP contribution in [0, 0.1) is 5.82 Å². The SMILES string of the molecule is O=c1onc(-c2nonc2NC2CCC(O)CC2)n1-c1ccc(F)c(Br)c1. The fraction of sp³-hybridized carbons (Fsp3) is 0.375. The predicted molar refractivity (Wildman–Crippen MR) is 94.9 cm³/mol. The van der Waals surface area contributed by atoms with E-state index in [0.29, 0.717) is 24.3 Å². The summed E-state index contributed by atoms with van der Waals surface area (Å²) in [5, 5.41) is 24.3. The highest BCUT2D eigenvalue weighted by atomic mass is 79.9. The number of anilines is 1. The summed E-state index contributed by atoms with van der Waals surface area (Å²) in [5.74, 6) is -0.814. The largest absolute Gasteiger partial charge is 0.446 e. The lowest BCUT2D eigenvalue weighted by Crippen LogP contribution is -2.28. The van der Waals surface area contributed by atoms with E-state index in [1.807, 2.05) is 0 Å². The molecule has 0 bridgehead atoms. The second-order valence-corrected chi connectivity index (χ2v) is 7.17. The van der Waals surface area contributed by atoms with E-state index in [1.54, 1.807) is 0 Å². The topological polar surface area (TPSA) is 119 Å². The molecule has 4 rings (SSSR count). The molecule has 0 saturated heterocycles. The van der Waals surface area contributed by atoms with Crippen LogP contribution in [0.15, 0.2) is 36.6 Å². The summed E-state index contributed by atoms with van der Waals surface area (Å²) < 4.78 is 24.5. The average molecular weight is 440 g/mol. The molecular formula is C16H15BrFN5O4. The minimum atomic E-state index is -0.752. The second kappa shape index (κ2) is 7.24. The molecule has 2 N–H and O–H groups in total. The molecule has 2 aromatic heterocycles. The summed E-state index contributed by atoms with van der Waals surface area (Å²) in [6.07, 6.45) is 2.64. The maximum Gasteiger partial charge on any atom is 0.446 e. The van der Waals surface area contributed by atoms with Crippen molar-refractivity contribution in [1.29, 1.82) is 0 Å². The molecule has 11 heteroatoms. The van der Waals surface area contributed by atoms with Gasteiger partial charge in [0, 0.05) is 6.04 Å². The summed E-state index contributed by atoms with van der Waals surface area (Å²) in [6, 6.07) is 4.16. The summed E-state index contributed by atoms with van der Waals surface area (Å²) in [7, 11) is 0. The van der Waals surface area contributed by atoms with Crippen LogP contribution in [0.4, 0.5) is 10.2 Å². The van der Waals surface area contributed by atoms with Gasteiger partial charge < -0.3 is 10.4 Å². The van der Waals surface area contributed by atoms with Crippen LogP contribution in [0.25, 0.3) is 17.2 Å². The van der Waals surface area contributed by atoms with Gasteiger partial charge in [-0.3, -0.25) is 4.52 Å². The van der Waals surface area contributed by atoms with E-state index >= 15 is 0 Å². The monoisotopic (exact) mass is 439 g/mol. The maximum atomic E-state index is 13.5. The van der Waals surface area contributed by atoms with Crippen molar-refractivity contribution in [2.45, 2.75) is 37.8 Å². The number of aromatic nitrogens is 4. The van der Waals surface area contributed by atoms with Gasteiger partial charge >= 0.3 is 5.76 Å². The van der Waals surface area contributed by atoms with E-state index in [9.17, 15) is 14.3 Å². The van der Waals surface area contributed by atoms with E-state index in [0.717, 1.165) is 17.4 Å². The van der Waals surface area contributed by atoms with Gasteiger partial charge in [0.05, 0.1) is 16.3 Å². The summed E-state index contributed by atoms with van der Waals surface area (Å²) in [4.78, 5) is 12.2. The molecule has 27 heavy (non-hydrogen) atoms. The van der Waals surface area contributed by atoms with Crippen LogP contribution in [0.3, 0.4) is 0 Å². The van der Waals surface area contributed by atoms with E-state index < -0.39 is 11.6 Å². The van der Waals surface area contributed by atoms with E-state index in [1.165, 1.54) is 18.2 Å². The van der Waals surface area contributed by atoms with Crippen molar-refractivity contribution in [2.75, 3.05) is 5.32 Å². The first-order chi connectivity index (χ1) is 13.0. The van der Waals surface area contributed by atoms with Crippen molar-refractivity contribution in [3.05, 3.63) is 39.0 Å². The van der Waals surface area contributed by atoms with E-state index in [2.05, 4.69) is 36.7 Å². The van der Waals surface area contributed by atoms with Crippen molar-refractivity contribution in [1.82, 2.24) is 20.0 Å². The molecule has 1 aromatic carbocycles. The first-order valence-corrected chi connectivity index (χ1v) is 9.14. The van der Waals surface area contributed by atoms with Crippen LogP contribution in [0.5, 0.6) is 0 Å². The summed E-state index contributed by atoms with van der Waals surface area (Å²) in [6.45, 7) is 0. The molecule has 0 atom stereocenters. The van der Waals surface area contributed by atoms with Gasteiger partial charge in [-0.25, -0.2) is 18.4 Å². The van der Waals surface area contributed by atoms with Crippen LogP contribution in [0.1, 0.15) is 25.7 Å². The Morgan fingerprint density at radius 2 is 2.00 bits per heavy atom. The molecular weight excluding hydrogens is 425 g/mol. The van der Waals surface area contributed by atoms with Crippen molar-refractivity contribution < 1.29 is 18.6 Å². The molecule has 0 aliphatic heterocycles. The third kappa shape index (κ3) is 3.52. The molecule has 0 amide bonds. The Morgan fingerprint density at radius 3 is 2.74 bits per heavy atom.